The van der Waals surface area contributed by atoms with Crippen molar-refractivity contribution in [1.82, 2.24) is 9.97 Å². The van der Waals surface area contributed by atoms with Crippen molar-refractivity contribution in [2.24, 2.45) is 0 Å². The minimum absolute atomic E-state index is 0.0871. The second kappa shape index (κ2) is 5.66. The second-order valence-corrected chi connectivity index (χ2v) is 4.47. The smallest absolute Gasteiger partial charge is 0.419 e. The number of benzene rings is 1. The highest BCUT2D eigenvalue weighted by molar-refractivity contribution is 7.98. The van der Waals surface area contributed by atoms with Crippen molar-refractivity contribution in [3.8, 4) is 11.6 Å². The molecule has 0 saturated carbocycles. The molecular formula is C12H8F4N2OS. The molecular weight excluding hydrogens is 296 g/mol. The van der Waals surface area contributed by atoms with Gasteiger partial charge in [0.1, 0.15) is 22.9 Å². The van der Waals surface area contributed by atoms with Crippen molar-refractivity contribution in [3.63, 3.8) is 0 Å². The van der Waals surface area contributed by atoms with Gasteiger partial charge in [-0.2, -0.15) is 13.2 Å². The van der Waals surface area contributed by atoms with Crippen LogP contribution in [-0.2, 0) is 6.18 Å². The first kappa shape index (κ1) is 14.6. The van der Waals surface area contributed by atoms with Crippen LogP contribution in [0.15, 0.2) is 35.6 Å². The minimum atomic E-state index is -4.78. The monoisotopic (exact) mass is 304 g/mol. The van der Waals surface area contributed by atoms with Crippen LogP contribution in [0.3, 0.4) is 0 Å². The number of thioether (sulfide) groups is 1. The normalized spacial score (nSPS) is 11.4. The summed E-state index contributed by atoms with van der Waals surface area (Å²) in [6.45, 7) is 0. The third-order valence-electron chi connectivity index (χ3n) is 2.29. The van der Waals surface area contributed by atoms with E-state index < -0.39 is 17.6 Å². The molecule has 0 aliphatic rings. The minimum Gasteiger partial charge on any atom is -0.439 e. The maximum atomic E-state index is 13.1. The van der Waals surface area contributed by atoms with E-state index in [0.717, 1.165) is 6.07 Å². The fourth-order valence-corrected chi connectivity index (χ4v) is 1.77. The van der Waals surface area contributed by atoms with Gasteiger partial charge in [0.25, 0.3) is 0 Å². The van der Waals surface area contributed by atoms with Crippen molar-refractivity contribution in [2.45, 2.75) is 11.2 Å². The van der Waals surface area contributed by atoms with Gasteiger partial charge < -0.3 is 4.74 Å². The zero-order chi connectivity index (χ0) is 14.8. The summed E-state index contributed by atoms with van der Waals surface area (Å²) in [6, 6.07) is 3.87. The molecule has 3 nitrogen and oxygen atoms in total. The number of hydrogen-bond donors (Lipinski definition) is 0. The Hall–Kier alpha value is -1.83. The van der Waals surface area contributed by atoms with E-state index in [1.54, 1.807) is 6.26 Å². The maximum Gasteiger partial charge on any atom is 0.419 e. The van der Waals surface area contributed by atoms with Gasteiger partial charge in [-0.1, -0.05) is 0 Å². The fourth-order valence-electron chi connectivity index (χ4n) is 1.40. The average molecular weight is 304 g/mol. The van der Waals surface area contributed by atoms with Gasteiger partial charge in [0, 0.05) is 6.07 Å². The Kier molecular flexibility index (Phi) is 4.12. The highest BCUT2D eigenvalue weighted by atomic mass is 32.2. The maximum absolute atomic E-state index is 13.1. The number of ether oxygens (including phenoxy) is 1. The van der Waals surface area contributed by atoms with Gasteiger partial charge in [-0.05, 0) is 24.5 Å². The van der Waals surface area contributed by atoms with E-state index in [-0.39, 0.29) is 11.6 Å². The molecule has 0 radical (unpaired) electrons. The molecule has 0 aliphatic carbocycles. The first-order valence-corrected chi connectivity index (χ1v) is 6.53. The van der Waals surface area contributed by atoms with Crippen LogP contribution in [0.5, 0.6) is 11.6 Å². The number of alkyl halides is 3. The van der Waals surface area contributed by atoms with Crippen LogP contribution in [0.2, 0.25) is 0 Å². The molecule has 0 aliphatic heterocycles. The molecule has 0 saturated heterocycles. The zero-order valence-corrected chi connectivity index (χ0v) is 10.9. The van der Waals surface area contributed by atoms with Crippen molar-refractivity contribution in [3.05, 3.63) is 42.0 Å². The molecule has 8 heteroatoms. The molecule has 2 rings (SSSR count). The summed E-state index contributed by atoms with van der Waals surface area (Å²) in [7, 11) is 0. The van der Waals surface area contributed by atoms with Gasteiger partial charge in [-0.3, -0.25) is 0 Å². The first-order valence-electron chi connectivity index (χ1n) is 5.31. The molecule has 1 aromatic carbocycles. The van der Waals surface area contributed by atoms with E-state index in [9.17, 15) is 17.6 Å². The van der Waals surface area contributed by atoms with Crippen LogP contribution in [0.4, 0.5) is 17.6 Å². The summed E-state index contributed by atoms with van der Waals surface area (Å²) < 4.78 is 56.0. The lowest BCUT2D eigenvalue weighted by Gasteiger charge is -2.10. The van der Waals surface area contributed by atoms with Gasteiger partial charge >= 0.3 is 6.18 Å². The number of rotatable bonds is 3. The second-order valence-electron chi connectivity index (χ2n) is 3.64. The van der Waals surface area contributed by atoms with E-state index >= 15 is 0 Å². The Morgan fingerprint density at radius 1 is 1.15 bits per heavy atom. The molecule has 0 unspecified atom stereocenters. The summed E-state index contributed by atoms with van der Waals surface area (Å²) in [5, 5.41) is 0.605. The predicted octanol–water partition coefficient (Wildman–Crippen LogP) is 4.15. The topological polar surface area (TPSA) is 35.0 Å². The Balaban J connectivity index is 2.30. The molecule has 2 aromatic rings. The number of nitrogens with zero attached hydrogens (tertiary/aromatic N) is 2. The van der Waals surface area contributed by atoms with Crippen molar-refractivity contribution in [2.75, 3.05) is 6.26 Å². The molecule has 0 atom stereocenters. The summed E-state index contributed by atoms with van der Waals surface area (Å²) in [5.74, 6) is -1.41. The van der Waals surface area contributed by atoms with Crippen molar-refractivity contribution in [1.29, 1.82) is 0 Å². The lowest BCUT2D eigenvalue weighted by atomic mass is 10.2. The van der Waals surface area contributed by atoms with E-state index in [4.69, 9.17) is 4.74 Å². The van der Waals surface area contributed by atoms with E-state index in [1.165, 1.54) is 24.2 Å². The molecule has 1 heterocycles. The summed E-state index contributed by atoms with van der Waals surface area (Å²) in [4.78, 5) is 7.68. The molecule has 0 fully saturated rings. The van der Waals surface area contributed by atoms with E-state index in [1.807, 2.05) is 0 Å². The first-order chi connectivity index (χ1) is 9.40. The van der Waals surface area contributed by atoms with Gasteiger partial charge in [0.05, 0.1) is 5.56 Å². The molecule has 0 spiro atoms. The molecule has 0 amide bonds. The molecule has 1 aromatic heterocycles. The highest BCUT2D eigenvalue weighted by Gasteiger charge is 2.34. The number of halogens is 4. The Morgan fingerprint density at radius 2 is 1.90 bits per heavy atom. The zero-order valence-electron chi connectivity index (χ0n) is 10.1. The van der Waals surface area contributed by atoms with Crippen LogP contribution >= 0.6 is 11.8 Å². The van der Waals surface area contributed by atoms with Crippen LogP contribution in [0.25, 0.3) is 0 Å². The van der Waals surface area contributed by atoms with Gasteiger partial charge in [-0.15, -0.1) is 11.8 Å². The summed E-state index contributed by atoms with van der Waals surface area (Å²) in [6.07, 6.45) is -1.76. The number of aromatic nitrogens is 2. The quantitative estimate of drug-likeness (QED) is 0.485. The SMILES string of the molecule is CSc1cc(Oc2ccc(F)c(C(F)(F)F)c2)ncn1. The summed E-state index contributed by atoms with van der Waals surface area (Å²) >= 11 is 1.33. The average Bonchev–Trinajstić information content (AvgIpc) is 2.40. The Labute approximate surface area is 116 Å². The Bertz CT molecular complexity index is 619. The van der Waals surface area contributed by atoms with Gasteiger partial charge in [-0.25, -0.2) is 14.4 Å². The van der Waals surface area contributed by atoms with Crippen LogP contribution in [-0.4, -0.2) is 16.2 Å². The van der Waals surface area contributed by atoms with Crippen LogP contribution in [0.1, 0.15) is 5.56 Å². The fraction of sp³-hybridized carbons (Fsp3) is 0.167. The van der Waals surface area contributed by atoms with Gasteiger partial charge in [0.2, 0.25) is 5.88 Å². The molecule has 0 bridgehead atoms. The standard InChI is InChI=1S/C12H8F4N2OS/c1-20-11-5-10(17-6-18-11)19-7-2-3-9(13)8(4-7)12(14,15)16/h2-6H,1H3. The van der Waals surface area contributed by atoms with Crippen LogP contribution in [0, 0.1) is 5.82 Å². The third kappa shape index (κ3) is 3.38. The van der Waals surface area contributed by atoms with E-state index in [0.29, 0.717) is 17.2 Å². The van der Waals surface area contributed by atoms with E-state index in [2.05, 4.69) is 9.97 Å². The molecule has 106 valence electrons. The van der Waals surface area contributed by atoms with Crippen molar-refractivity contribution >= 4 is 11.8 Å². The third-order valence-corrected chi connectivity index (χ3v) is 2.93. The largest absolute Gasteiger partial charge is 0.439 e. The Morgan fingerprint density at radius 3 is 2.55 bits per heavy atom. The molecule has 20 heavy (non-hydrogen) atoms. The van der Waals surface area contributed by atoms with Gasteiger partial charge in [0.15, 0.2) is 0 Å². The lowest BCUT2D eigenvalue weighted by Crippen LogP contribution is -2.08. The summed E-state index contributed by atoms with van der Waals surface area (Å²) in [5.41, 5.74) is -1.38. The lowest BCUT2D eigenvalue weighted by molar-refractivity contribution is -0.140. The van der Waals surface area contributed by atoms with Crippen molar-refractivity contribution < 1.29 is 22.3 Å². The van der Waals surface area contributed by atoms with Crippen LogP contribution < -0.4 is 4.74 Å². The molecule has 0 N–H and O–H groups in total. The highest BCUT2D eigenvalue weighted by Crippen LogP contribution is 2.34. The number of hydrogen-bond acceptors (Lipinski definition) is 4. The predicted molar refractivity (Wildman–Crippen MR) is 65.3 cm³/mol.